The highest BCUT2D eigenvalue weighted by atomic mass is 35.5. The Kier molecular flexibility index (Phi) is 6.93. The first-order valence-corrected chi connectivity index (χ1v) is 10.1. The average Bonchev–Trinajstić information content (AvgIpc) is 2.79. The number of hydrogen-bond acceptors (Lipinski definition) is 2. The van der Waals surface area contributed by atoms with Crippen LogP contribution in [0.1, 0.15) is 0 Å². The summed E-state index contributed by atoms with van der Waals surface area (Å²) in [7, 11) is 8.22. The highest BCUT2D eigenvalue weighted by Crippen LogP contribution is 2.18. The van der Waals surface area contributed by atoms with Crippen LogP contribution in [-0.2, 0) is 0 Å². The molecule has 0 saturated heterocycles. The maximum atomic E-state index is 2.16. The molecule has 2 heterocycles. The number of rotatable bonds is 5. The van der Waals surface area contributed by atoms with Crippen molar-refractivity contribution in [2.45, 2.75) is 0 Å². The molecule has 31 heavy (non-hydrogen) atoms. The highest BCUT2D eigenvalue weighted by Gasteiger charge is 2.10. The van der Waals surface area contributed by atoms with Crippen LogP contribution in [0.4, 0.5) is 11.4 Å². The minimum Gasteiger partial charge on any atom is -1.00 e. The first-order valence-electron chi connectivity index (χ1n) is 10.1. The van der Waals surface area contributed by atoms with Gasteiger partial charge in [-0.1, -0.05) is 0 Å². The van der Waals surface area contributed by atoms with Crippen LogP contribution in [0, 0.1) is 0 Å². The quantitative estimate of drug-likeness (QED) is 0.438. The van der Waals surface area contributed by atoms with Gasteiger partial charge in [0.15, 0.2) is 24.8 Å². The van der Waals surface area contributed by atoms with E-state index in [1.54, 1.807) is 0 Å². The Morgan fingerprint density at radius 3 is 1.00 bits per heavy atom. The molecule has 158 valence electrons. The minimum absolute atomic E-state index is 0. The molecule has 0 saturated carbocycles. The molecule has 0 aliphatic heterocycles. The molecule has 2 aromatic carbocycles. The van der Waals surface area contributed by atoms with Gasteiger partial charge < -0.3 is 22.2 Å². The van der Waals surface area contributed by atoms with Crippen molar-refractivity contribution in [3.05, 3.63) is 97.6 Å². The van der Waals surface area contributed by atoms with Crippen LogP contribution in [0.3, 0.4) is 0 Å². The van der Waals surface area contributed by atoms with Crippen LogP contribution < -0.4 is 31.3 Å². The van der Waals surface area contributed by atoms with Gasteiger partial charge in [-0.05, 0) is 35.4 Å². The number of nitrogens with zero attached hydrogens (tertiary/aromatic N) is 4. The molecule has 4 aromatic rings. The first kappa shape index (κ1) is 22.3. The van der Waals surface area contributed by atoms with E-state index >= 15 is 0 Å². The van der Waals surface area contributed by atoms with Gasteiger partial charge in [0, 0.05) is 88.1 Å². The number of anilines is 2. The fourth-order valence-corrected chi connectivity index (χ4v) is 3.43. The largest absolute Gasteiger partial charge is 1.00 e. The van der Waals surface area contributed by atoms with Crippen LogP contribution in [0.15, 0.2) is 97.6 Å². The summed E-state index contributed by atoms with van der Waals surface area (Å²) in [6.45, 7) is 0. The molecular formula is C26H28ClN4+. The van der Waals surface area contributed by atoms with Crippen LogP contribution in [0.5, 0.6) is 0 Å². The fourth-order valence-electron chi connectivity index (χ4n) is 3.43. The van der Waals surface area contributed by atoms with Gasteiger partial charge in [-0.25, -0.2) is 0 Å². The standard InChI is InChI=1S/C26H28N4.ClH/c1-27(2)23-5-9-25(10-6-23)29-17-13-21(14-18-29)22-15-19-30(20-16-22)26-11-7-24(8-12-26)28(3)4;/h5-20H,1-4H3;1H/q+2;/p-1. The molecule has 0 N–H and O–H groups in total. The molecule has 0 aliphatic carbocycles. The number of halogens is 1. The predicted octanol–water partition coefficient (Wildman–Crippen LogP) is 1.04. The van der Waals surface area contributed by atoms with E-state index in [0.29, 0.717) is 0 Å². The molecule has 0 fully saturated rings. The fraction of sp³-hybridized carbons (Fsp3) is 0.154. The lowest BCUT2D eigenvalue weighted by atomic mass is 10.1. The number of pyridine rings is 2. The lowest BCUT2D eigenvalue weighted by Crippen LogP contribution is -3.00. The van der Waals surface area contributed by atoms with E-state index in [1.807, 2.05) is 0 Å². The Labute approximate surface area is 191 Å². The third kappa shape index (κ3) is 5.04. The second-order valence-corrected chi connectivity index (χ2v) is 7.81. The molecule has 2 aromatic heterocycles. The first-order chi connectivity index (χ1) is 14.5. The van der Waals surface area contributed by atoms with Crippen molar-refractivity contribution in [3.63, 3.8) is 0 Å². The zero-order chi connectivity index (χ0) is 21.1. The summed E-state index contributed by atoms with van der Waals surface area (Å²) in [5.41, 5.74) is 7.10. The Morgan fingerprint density at radius 1 is 0.452 bits per heavy atom. The van der Waals surface area contributed by atoms with E-state index in [9.17, 15) is 0 Å². The van der Waals surface area contributed by atoms with Gasteiger partial charge in [0.2, 0.25) is 11.4 Å². The van der Waals surface area contributed by atoms with E-state index in [2.05, 4.69) is 145 Å². The molecule has 4 rings (SSSR count). The second kappa shape index (κ2) is 9.63. The van der Waals surface area contributed by atoms with Crippen LogP contribution in [0.2, 0.25) is 0 Å². The normalized spacial score (nSPS) is 10.3. The molecule has 4 nitrogen and oxygen atoms in total. The molecule has 0 aliphatic rings. The Balaban J connectivity index is 0.00000272. The third-order valence-corrected chi connectivity index (χ3v) is 5.32. The van der Waals surface area contributed by atoms with E-state index in [0.717, 1.165) is 11.4 Å². The topological polar surface area (TPSA) is 14.2 Å². The molecular weight excluding hydrogens is 404 g/mol. The Hall–Kier alpha value is -3.37. The lowest BCUT2D eigenvalue weighted by molar-refractivity contribution is -0.596. The van der Waals surface area contributed by atoms with Gasteiger partial charge in [-0.3, -0.25) is 0 Å². The smallest absolute Gasteiger partial charge is 0.210 e. The van der Waals surface area contributed by atoms with Gasteiger partial charge in [-0.2, -0.15) is 9.13 Å². The Bertz CT molecular complexity index is 1010. The van der Waals surface area contributed by atoms with Gasteiger partial charge in [0.05, 0.1) is 0 Å². The van der Waals surface area contributed by atoms with Gasteiger partial charge in [0.1, 0.15) is 0 Å². The van der Waals surface area contributed by atoms with Crippen molar-refractivity contribution < 1.29 is 21.5 Å². The summed E-state index contributed by atoms with van der Waals surface area (Å²) in [5.74, 6) is 0. The summed E-state index contributed by atoms with van der Waals surface area (Å²) in [5, 5.41) is 0. The van der Waals surface area contributed by atoms with E-state index in [-0.39, 0.29) is 12.4 Å². The van der Waals surface area contributed by atoms with Crippen molar-refractivity contribution in [1.29, 1.82) is 0 Å². The minimum atomic E-state index is 0. The van der Waals surface area contributed by atoms with E-state index < -0.39 is 0 Å². The highest BCUT2D eigenvalue weighted by molar-refractivity contribution is 5.61. The molecule has 0 spiro atoms. The maximum absolute atomic E-state index is 2.16. The zero-order valence-electron chi connectivity index (χ0n) is 18.4. The average molecular weight is 432 g/mol. The SMILES string of the molecule is CN(C)c1ccc(-[n+]2ccc(-c3cc[n+](-c4ccc(N(C)C)cc4)cc3)cc2)cc1.[Cl-]. The number of benzene rings is 2. The number of aromatic nitrogens is 2. The van der Waals surface area contributed by atoms with Crippen molar-refractivity contribution in [2.75, 3.05) is 38.0 Å². The lowest BCUT2D eigenvalue weighted by Gasteiger charge is -2.11. The molecule has 0 bridgehead atoms. The monoisotopic (exact) mass is 431 g/mol. The van der Waals surface area contributed by atoms with Gasteiger partial charge in [-0.15, -0.1) is 0 Å². The summed E-state index contributed by atoms with van der Waals surface area (Å²) < 4.78 is 4.27. The summed E-state index contributed by atoms with van der Waals surface area (Å²) in [6, 6.07) is 25.7. The maximum Gasteiger partial charge on any atom is 0.210 e. The summed E-state index contributed by atoms with van der Waals surface area (Å²) >= 11 is 0. The van der Waals surface area contributed by atoms with Crippen molar-refractivity contribution in [1.82, 2.24) is 0 Å². The molecule has 0 amide bonds. The van der Waals surface area contributed by atoms with Crippen LogP contribution >= 0.6 is 0 Å². The third-order valence-electron chi connectivity index (χ3n) is 5.32. The summed E-state index contributed by atoms with van der Waals surface area (Å²) in [6.07, 6.45) is 8.45. The van der Waals surface area contributed by atoms with Crippen molar-refractivity contribution in [3.8, 4) is 22.5 Å². The molecule has 5 heteroatoms. The van der Waals surface area contributed by atoms with Gasteiger partial charge >= 0.3 is 0 Å². The molecule has 0 atom stereocenters. The predicted molar refractivity (Wildman–Crippen MR) is 124 cm³/mol. The van der Waals surface area contributed by atoms with Crippen molar-refractivity contribution >= 4 is 11.4 Å². The second-order valence-electron chi connectivity index (χ2n) is 7.81. The Morgan fingerprint density at radius 2 is 0.742 bits per heavy atom. The van der Waals surface area contributed by atoms with Crippen LogP contribution in [-0.4, -0.2) is 28.2 Å². The van der Waals surface area contributed by atoms with Crippen LogP contribution in [0.25, 0.3) is 22.5 Å². The van der Waals surface area contributed by atoms with Crippen molar-refractivity contribution in [2.24, 2.45) is 0 Å². The molecule has 0 radical (unpaired) electrons. The number of hydrogen-bond donors (Lipinski definition) is 0. The summed E-state index contributed by atoms with van der Waals surface area (Å²) in [4.78, 5) is 4.21. The molecule has 0 unspecified atom stereocenters. The zero-order valence-corrected chi connectivity index (χ0v) is 19.2. The van der Waals surface area contributed by atoms with E-state index in [4.69, 9.17) is 0 Å². The van der Waals surface area contributed by atoms with E-state index in [1.165, 1.54) is 22.5 Å². The van der Waals surface area contributed by atoms with Gasteiger partial charge in [0.25, 0.3) is 0 Å².